The molecule has 0 amide bonds. The molecule has 0 aliphatic heterocycles. The van der Waals surface area contributed by atoms with E-state index in [1.54, 1.807) is 12.1 Å². The summed E-state index contributed by atoms with van der Waals surface area (Å²) in [5.74, 6) is 0. The average Bonchev–Trinajstić information content (AvgIpc) is 3.26. The van der Waals surface area contributed by atoms with Crippen molar-refractivity contribution in [3.63, 3.8) is 0 Å². The Morgan fingerprint density at radius 2 is 1.72 bits per heavy atom. The fraction of sp³-hybridized carbons (Fsp3) is 0.222. The zero-order valence-corrected chi connectivity index (χ0v) is 15.5. The highest BCUT2D eigenvalue weighted by Gasteiger charge is 2.46. The Bertz CT molecular complexity index is 1040. The van der Waals surface area contributed by atoms with E-state index in [0.717, 1.165) is 29.3 Å². The number of halogens is 2. The molecule has 0 bridgehead atoms. The molecule has 1 aromatic heterocycles. The Kier molecular flexibility index (Phi) is 4.07. The van der Waals surface area contributed by atoms with Crippen LogP contribution in [0.3, 0.4) is 0 Å². The first-order chi connectivity index (χ1) is 11.9. The van der Waals surface area contributed by atoms with E-state index in [1.807, 2.05) is 24.4 Å². The molecule has 3 aromatic rings. The molecule has 1 aliphatic rings. The topological polar surface area (TPSA) is 62.0 Å². The van der Waals surface area contributed by atoms with Gasteiger partial charge >= 0.3 is 0 Å². The first-order valence-corrected chi connectivity index (χ1v) is 10.2. The van der Waals surface area contributed by atoms with Gasteiger partial charge in [-0.2, -0.15) is 0 Å². The van der Waals surface area contributed by atoms with E-state index >= 15 is 0 Å². The van der Waals surface area contributed by atoms with Gasteiger partial charge in [0, 0.05) is 39.1 Å². The maximum absolute atomic E-state index is 12.5. The standard InChI is InChI=1S/C18H16Cl2N2O2S/c19-12-1-4-14(5-2-12)25(23,24)22-11-18(7-8-18)16-10-21-17-9-13(20)3-6-15(16)17/h1-6,9-10,21-22H,7-8,11H2. The van der Waals surface area contributed by atoms with Gasteiger partial charge in [0.15, 0.2) is 0 Å². The van der Waals surface area contributed by atoms with Crippen molar-refractivity contribution in [2.24, 2.45) is 0 Å². The first kappa shape index (κ1) is 16.9. The number of nitrogens with one attached hydrogen (secondary N) is 2. The zero-order valence-electron chi connectivity index (χ0n) is 13.2. The van der Waals surface area contributed by atoms with Crippen LogP contribution in [0.15, 0.2) is 53.6 Å². The highest BCUT2D eigenvalue weighted by atomic mass is 35.5. The van der Waals surface area contributed by atoms with Crippen LogP contribution < -0.4 is 4.72 Å². The van der Waals surface area contributed by atoms with Gasteiger partial charge in [0.2, 0.25) is 10.0 Å². The summed E-state index contributed by atoms with van der Waals surface area (Å²) >= 11 is 11.9. The van der Waals surface area contributed by atoms with Crippen LogP contribution in [0.4, 0.5) is 0 Å². The van der Waals surface area contributed by atoms with Crippen molar-refractivity contribution in [2.45, 2.75) is 23.2 Å². The van der Waals surface area contributed by atoms with Gasteiger partial charge in [0.05, 0.1) is 4.90 Å². The third-order valence-electron chi connectivity index (χ3n) is 4.79. The Morgan fingerprint density at radius 3 is 2.40 bits per heavy atom. The second-order valence-electron chi connectivity index (χ2n) is 6.45. The van der Waals surface area contributed by atoms with Gasteiger partial charge in [0.1, 0.15) is 0 Å². The van der Waals surface area contributed by atoms with Crippen LogP contribution in [0.5, 0.6) is 0 Å². The molecular weight excluding hydrogens is 379 g/mol. The van der Waals surface area contributed by atoms with Crippen LogP contribution in [0.25, 0.3) is 10.9 Å². The molecule has 2 aromatic carbocycles. The van der Waals surface area contributed by atoms with Crippen molar-refractivity contribution in [1.82, 2.24) is 9.71 Å². The molecule has 7 heteroatoms. The molecule has 1 heterocycles. The molecule has 25 heavy (non-hydrogen) atoms. The predicted octanol–water partition coefficient (Wildman–Crippen LogP) is 4.48. The maximum atomic E-state index is 12.5. The summed E-state index contributed by atoms with van der Waals surface area (Å²) < 4.78 is 27.8. The van der Waals surface area contributed by atoms with Crippen molar-refractivity contribution in [3.05, 3.63) is 64.3 Å². The first-order valence-electron chi connectivity index (χ1n) is 7.92. The van der Waals surface area contributed by atoms with Gasteiger partial charge in [-0.05, 0) is 54.8 Å². The molecule has 2 N–H and O–H groups in total. The van der Waals surface area contributed by atoms with E-state index in [0.29, 0.717) is 16.6 Å². The van der Waals surface area contributed by atoms with Gasteiger partial charge < -0.3 is 4.98 Å². The molecule has 0 radical (unpaired) electrons. The van der Waals surface area contributed by atoms with Gasteiger partial charge in [-0.15, -0.1) is 0 Å². The number of H-pyrrole nitrogens is 1. The number of sulfonamides is 1. The molecule has 0 spiro atoms. The lowest BCUT2D eigenvalue weighted by molar-refractivity contribution is 0.568. The number of aromatic amines is 1. The van der Waals surface area contributed by atoms with Crippen LogP contribution >= 0.6 is 23.2 Å². The monoisotopic (exact) mass is 394 g/mol. The summed E-state index contributed by atoms with van der Waals surface area (Å²) in [4.78, 5) is 3.45. The van der Waals surface area contributed by atoms with E-state index in [9.17, 15) is 8.42 Å². The molecule has 0 atom stereocenters. The molecule has 0 unspecified atom stereocenters. The van der Waals surface area contributed by atoms with Crippen molar-refractivity contribution < 1.29 is 8.42 Å². The van der Waals surface area contributed by atoms with Crippen LogP contribution in [-0.4, -0.2) is 19.9 Å². The van der Waals surface area contributed by atoms with Crippen LogP contribution in [-0.2, 0) is 15.4 Å². The Balaban J connectivity index is 1.58. The van der Waals surface area contributed by atoms with E-state index in [4.69, 9.17) is 23.2 Å². The number of rotatable bonds is 5. The quantitative estimate of drug-likeness (QED) is 0.669. The zero-order chi connectivity index (χ0) is 17.7. The summed E-state index contributed by atoms with van der Waals surface area (Å²) in [5, 5.41) is 2.27. The molecule has 1 fully saturated rings. The van der Waals surface area contributed by atoms with Crippen LogP contribution in [0.2, 0.25) is 10.0 Å². The SMILES string of the molecule is O=S(=O)(NCC1(c2c[nH]c3cc(Cl)ccc23)CC1)c1ccc(Cl)cc1. The van der Waals surface area contributed by atoms with Crippen molar-refractivity contribution in [3.8, 4) is 0 Å². The van der Waals surface area contributed by atoms with Crippen LogP contribution in [0.1, 0.15) is 18.4 Å². The highest BCUT2D eigenvalue weighted by Crippen LogP contribution is 2.50. The van der Waals surface area contributed by atoms with E-state index < -0.39 is 10.0 Å². The molecule has 4 rings (SSSR count). The fourth-order valence-electron chi connectivity index (χ4n) is 3.16. The summed E-state index contributed by atoms with van der Waals surface area (Å²) in [7, 11) is -3.56. The lowest BCUT2D eigenvalue weighted by Crippen LogP contribution is -2.32. The predicted molar refractivity (Wildman–Crippen MR) is 101 cm³/mol. The van der Waals surface area contributed by atoms with Crippen molar-refractivity contribution >= 4 is 44.1 Å². The molecule has 1 aliphatic carbocycles. The fourth-order valence-corrected chi connectivity index (χ4v) is 4.59. The number of hydrogen-bond acceptors (Lipinski definition) is 2. The Hall–Kier alpha value is -1.53. The summed E-state index contributed by atoms with van der Waals surface area (Å²) in [6.07, 6.45) is 3.86. The van der Waals surface area contributed by atoms with E-state index in [-0.39, 0.29) is 10.3 Å². The summed E-state index contributed by atoms with van der Waals surface area (Å²) in [6.45, 7) is 0.369. The minimum atomic E-state index is -3.56. The molecule has 1 saturated carbocycles. The maximum Gasteiger partial charge on any atom is 0.240 e. The average molecular weight is 395 g/mol. The minimum absolute atomic E-state index is 0.161. The lowest BCUT2D eigenvalue weighted by Gasteiger charge is -2.16. The lowest BCUT2D eigenvalue weighted by atomic mass is 9.96. The molecule has 4 nitrogen and oxygen atoms in total. The molecule has 130 valence electrons. The van der Waals surface area contributed by atoms with Crippen LogP contribution in [0, 0.1) is 0 Å². The van der Waals surface area contributed by atoms with Gasteiger partial charge in [-0.1, -0.05) is 29.3 Å². The third-order valence-corrected chi connectivity index (χ3v) is 6.70. The van der Waals surface area contributed by atoms with Gasteiger partial charge in [-0.3, -0.25) is 0 Å². The normalized spacial score (nSPS) is 16.2. The van der Waals surface area contributed by atoms with E-state index in [1.165, 1.54) is 12.1 Å². The minimum Gasteiger partial charge on any atom is -0.361 e. The summed E-state index contributed by atoms with van der Waals surface area (Å²) in [5.41, 5.74) is 1.94. The number of fused-ring (bicyclic) bond motifs is 1. The smallest absolute Gasteiger partial charge is 0.240 e. The van der Waals surface area contributed by atoms with E-state index in [2.05, 4.69) is 9.71 Å². The number of aromatic nitrogens is 1. The highest BCUT2D eigenvalue weighted by molar-refractivity contribution is 7.89. The Morgan fingerprint density at radius 1 is 1.04 bits per heavy atom. The molecule has 0 saturated heterocycles. The Labute approximate surface area is 156 Å². The van der Waals surface area contributed by atoms with Crippen molar-refractivity contribution in [1.29, 1.82) is 0 Å². The summed E-state index contributed by atoms with van der Waals surface area (Å²) in [6, 6.07) is 11.9. The third kappa shape index (κ3) is 3.17. The van der Waals surface area contributed by atoms with Gasteiger partial charge in [0.25, 0.3) is 0 Å². The second-order valence-corrected chi connectivity index (χ2v) is 9.09. The van der Waals surface area contributed by atoms with Gasteiger partial charge in [-0.25, -0.2) is 13.1 Å². The number of hydrogen-bond donors (Lipinski definition) is 2. The number of benzene rings is 2. The second kappa shape index (κ2) is 6.02. The molecular formula is C18H16Cl2N2O2S. The largest absolute Gasteiger partial charge is 0.361 e. The van der Waals surface area contributed by atoms with Crippen molar-refractivity contribution in [2.75, 3.05) is 6.54 Å².